The minimum atomic E-state index is -0.754. The lowest BCUT2D eigenvalue weighted by atomic mass is 9.83. The summed E-state index contributed by atoms with van der Waals surface area (Å²) in [6, 6.07) is 6.27. The first kappa shape index (κ1) is 15.7. The SMILES string of the molecule is CCN(CC)C(C)(CC(=O)O)c1cc(C)ccc1C. The standard InChI is InChI=1S/C16H25NO2/c1-6-17(7-2)16(5,11-15(18)19)14-10-12(3)8-9-13(14)4/h8-10H,6-7,11H2,1-5H3,(H,18,19). The molecule has 1 N–H and O–H groups in total. The van der Waals surface area contributed by atoms with Crippen molar-refractivity contribution >= 4 is 5.97 Å². The fraction of sp³-hybridized carbons (Fsp3) is 0.562. The number of carboxylic acids is 1. The number of nitrogens with zero attached hydrogens (tertiary/aromatic N) is 1. The number of carbonyl (C=O) groups is 1. The van der Waals surface area contributed by atoms with E-state index in [9.17, 15) is 9.90 Å². The van der Waals surface area contributed by atoms with Crippen molar-refractivity contribution in [2.45, 2.75) is 46.6 Å². The Morgan fingerprint density at radius 3 is 2.32 bits per heavy atom. The third kappa shape index (κ3) is 3.35. The minimum Gasteiger partial charge on any atom is -0.481 e. The zero-order valence-electron chi connectivity index (χ0n) is 12.7. The van der Waals surface area contributed by atoms with Gasteiger partial charge in [0.05, 0.1) is 12.0 Å². The number of aryl methyl sites for hydroxylation is 2. The highest BCUT2D eigenvalue weighted by molar-refractivity contribution is 5.69. The monoisotopic (exact) mass is 263 g/mol. The molecule has 1 unspecified atom stereocenters. The van der Waals surface area contributed by atoms with Crippen LogP contribution in [-0.4, -0.2) is 29.1 Å². The third-order valence-corrected chi connectivity index (χ3v) is 3.93. The van der Waals surface area contributed by atoms with E-state index >= 15 is 0 Å². The van der Waals surface area contributed by atoms with Gasteiger partial charge in [0.25, 0.3) is 0 Å². The highest BCUT2D eigenvalue weighted by atomic mass is 16.4. The number of benzene rings is 1. The molecule has 1 atom stereocenters. The Hall–Kier alpha value is -1.35. The average Bonchev–Trinajstić information content (AvgIpc) is 2.32. The van der Waals surface area contributed by atoms with Gasteiger partial charge >= 0.3 is 5.97 Å². The van der Waals surface area contributed by atoms with Crippen LogP contribution in [-0.2, 0) is 10.3 Å². The van der Waals surface area contributed by atoms with E-state index in [1.54, 1.807) is 0 Å². The average molecular weight is 263 g/mol. The van der Waals surface area contributed by atoms with Crippen LogP contribution in [0.3, 0.4) is 0 Å². The molecule has 0 spiro atoms. The summed E-state index contributed by atoms with van der Waals surface area (Å²) in [4.78, 5) is 13.5. The van der Waals surface area contributed by atoms with E-state index in [4.69, 9.17) is 0 Å². The van der Waals surface area contributed by atoms with Gasteiger partial charge in [0, 0.05) is 0 Å². The normalized spacial score (nSPS) is 14.4. The number of hydrogen-bond acceptors (Lipinski definition) is 2. The van der Waals surface area contributed by atoms with Gasteiger partial charge in [0.15, 0.2) is 0 Å². The van der Waals surface area contributed by atoms with Gasteiger partial charge in [0.2, 0.25) is 0 Å². The molecular formula is C16H25NO2. The van der Waals surface area contributed by atoms with Crippen molar-refractivity contribution in [1.29, 1.82) is 0 Å². The van der Waals surface area contributed by atoms with Crippen LogP contribution in [0.25, 0.3) is 0 Å². The topological polar surface area (TPSA) is 40.5 Å². The van der Waals surface area contributed by atoms with Crippen LogP contribution >= 0.6 is 0 Å². The lowest BCUT2D eigenvalue weighted by molar-refractivity contribution is -0.140. The zero-order valence-corrected chi connectivity index (χ0v) is 12.7. The van der Waals surface area contributed by atoms with Crippen molar-refractivity contribution in [3.8, 4) is 0 Å². The van der Waals surface area contributed by atoms with Crippen LogP contribution in [0.4, 0.5) is 0 Å². The van der Waals surface area contributed by atoms with Gasteiger partial charge in [0.1, 0.15) is 0 Å². The molecule has 3 nitrogen and oxygen atoms in total. The summed E-state index contributed by atoms with van der Waals surface area (Å²) in [6.45, 7) is 12.0. The van der Waals surface area contributed by atoms with E-state index < -0.39 is 11.5 Å². The second kappa shape index (κ2) is 6.20. The molecular weight excluding hydrogens is 238 g/mol. The van der Waals surface area contributed by atoms with Crippen LogP contribution in [0.1, 0.15) is 43.9 Å². The molecule has 0 heterocycles. The second-order valence-electron chi connectivity index (χ2n) is 5.34. The molecule has 0 aliphatic rings. The Labute approximate surface area is 116 Å². The van der Waals surface area contributed by atoms with E-state index in [1.165, 1.54) is 5.56 Å². The van der Waals surface area contributed by atoms with Crippen molar-refractivity contribution in [2.24, 2.45) is 0 Å². The van der Waals surface area contributed by atoms with Gasteiger partial charge in [-0.2, -0.15) is 0 Å². The Balaban J connectivity index is 3.37. The number of aliphatic carboxylic acids is 1. The Morgan fingerprint density at radius 1 is 1.26 bits per heavy atom. The van der Waals surface area contributed by atoms with Crippen LogP contribution in [0.15, 0.2) is 18.2 Å². The largest absolute Gasteiger partial charge is 0.481 e. The minimum absolute atomic E-state index is 0.124. The Morgan fingerprint density at radius 2 is 1.84 bits per heavy atom. The number of carboxylic acid groups (broad SMARTS) is 1. The van der Waals surface area contributed by atoms with Gasteiger partial charge < -0.3 is 5.11 Å². The van der Waals surface area contributed by atoms with Gasteiger partial charge in [-0.25, -0.2) is 0 Å². The molecule has 19 heavy (non-hydrogen) atoms. The van der Waals surface area contributed by atoms with Gasteiger partial charge in [-0.1, -0.05) is 37.6 Å². The Bertz CT molecular complexity index is 452. The molecule has 0 fully saturated rings. The summed E-state index contributed by atoms with van der Waals surface area (Å²) >= 11 is 0. The molecule has 0 saturated carbocycles. The smallest absolute Gasteiger partial charge is 0.305 e. The maximum Gasteiger partial charge on any atom is 0.305 e. The van der Waals surface area contributed by atoms with Crippen molar-refractivity contribution in [3.05, 3.63) is 34.9 Å². The highest BCUT2D eigenvalue weighted by Gasteiger charge is 2.35. The quantitative estimate of drug-likeness (QED) is 0.855. The first-order valence-corrected chi connectivity index (χ1v) is 6.89. The van der Waals surface area contributed by atoms with E-state index in [-0.39, 0.29) is 6.42 Å². The second-order valence-corrected chi connectivity index (χ2v) is 5.34. The van der Waals surface area contributed by atoms with Gasteiger partial charge in [-0.3, -0.25) is 9.69 Å². The molecule has 0 amide bonds. The van der Waals surface area contributed by atoms with Crippen molar-refractivity contribution in [2.75, 3.05) is 13.1 Å². The van der Waals surface area contributed by atoms with Crippen molar-refractivity contribution < 1.29 is 9.90 Å². The van der Waals surface area contributed by atoms with Gasteiger partial charge in [-0.15, -0.1) is 0 Å². The predicted octanol–water partition coefficient (Wildman–Crippen LogP) is 3.34. The molecule has 1 aromatic rings. The van der Waals surface area contributed by atoms with E-state index in [1.807, 2.05) is 13.8 Å². The molecule has 0 aromatic heterocycles. The highest BCUT2D eigenvalue weighted by Crippen LogP contribution is 2.34. The fourth-order valence-corrected chi connectivity index (χ4v) is 2.91. The summed E-state index contributed by atoms with van der Waals surface area (Å²) in [5.41, 5.74) is 3.00. The number of hydrogen-bond donors (Lipinski definition) is 1. The molecule has 106 valence electrons. The summed E-state index contributed by atoms with van der Waals surface area (Å²) in [6.07, 6.45) is 0.124. The van der Waals surface area contributed by atoms with Gasteiger partial charge in [-0.05, 0) is 45.0 Å². The van der Waals surface area contributed by atoms with E-state index in [0.29, 0.717) is 0 Å². The molecule has 0 bridgehead atoms. The van der Waals surface area contributed by atoms with Crippen molar-refractivity contribution in [3.63, 3.8) is 0 Å². The molecule has 0 aliphatic carbocycles. The van der Waals surface area contributed by atoms with E-state index in [2.05, 4.69) is 43.9 Å². The fourth-order valence-electron chi connectivity index (χ4n) is 2.91. The lowest BCUT2D eigenvalue weighted by Gasteiger charge is -2.41. The summed E-state index contributed by atoms with van der Waals surface area (Å²) in [7, 11) is 0. The van der Waals surface area contributed by atoms with E-state index in [0.717, 1.165) is 24.2 Å². The van der Waals surface area contributed by atoms with Crippen LogP contribution in [0.5, 0.6) is 0 Å². The third-order valence-electron chi connectivity index (χ3n) is 3.93. The lowest BCUT2D eigenvalue weighted by Crippen LogP contribution is -2.45. The molecule has 1 rings (SSSR count). The molecule has 0 radical (unpaired) electrons. The first-order chi connectivity index (χ1) is 8.85. The molecule has 3 heteroatoms. The van der Waals surface area contributed by atoms with Crippen LogP contribution in [0.2, 0.25) is 0 Å². The maximum atomic E-state index is 11.3. The van der Waals surface area contributed by atoms with Crippen LogP contribution < -0.4 is 0 Å². The Kier molecular flexibility index (Phi) is 5.12. The maximum absolute atomic E-state index is 11.3. The summed E-state index contributed by atoms with van der Waals surface area (Å²) in [5.74, 6) is -0.754. The molecule has 0 aliphatic heterocycles. The molecule has 0 saturated heterocycles. The summed E-state index contributed by atoms with van der Waals surface area (Å²) < 4.78 is 0. The molecule has 1 aromatic carbocycles. The van der Waals surface area contributed by atoms with Crippen LogP contribution in [0, 0.1) is 13.8 Å². The summed E-state index contributed by atoms with van der Waals surface area (Å²) in [5, 5.41) is 9.28. The predicted molar refractivity (Wildman–Crippen MR) is 78.4 cm³/mol. The van der Waals surface area contributed by atoms with Crippen molar-refractivity contribution in [1.82, 2.24) is 4.90 Å². The number of rotatable bonds is 6. The first-order valence-electron chi connectivity index (χ1n) is 6.89. The zero-order chi connectivity index (χ0) is 14.6.